The Hall–Kier alpha value is -2.06. The molecule has 6 nitrogen and oxygen atoms in total. The number of halogens is 1. The number of aliphatic hydroxyl groups excluding tert-OH is 3. The van der Waals surface area contributed by atoms with Crippen molar-refractivity contribution in [3.05, 3.63) is 70.1 Å². The van der Waals surface area contributed by atoms with Crippen LogP contribution in [0.3, 0.4) is 0 Å². The fourth-order valence-electron chi connectivity index (χ4n) is 7.60. The van der Waals surface area contributed by atoms with Gasteiger partial charge in [-0.15, -0.1) is 0 Å². The summed E-state index contributed by atoms with van der Waals surface area (Å²) in [7, 11) is 3.72. The fourth-order valence-corrected chi connectivity index (χ4v) is 7.83. The van der Waals surface area contributed by atoms with Crippen LogP contribution in [-0.4, -0.2) is 74.4 Å². The van der Waals surface area contributed by atoms with Gasteiger partial charge in [-0.1, -0.05) is 48.4 Å². The van der Waals surface area contributed by atoms with Crippen LogP contribution in [0.1, 0.15) is 44.6 Å². The van der Waals surface area contributed by atoms with Crippen LogP contribution in [0.5, 0.6) is 0 Å². The van der Waals surface area contributed by atoms with Crippen molar-refractivity contribution in [1.29, 1.82) is 0 Å². The van der Waals surface area contributed by atoms with Crippen molar-refractivity contribution in [2.75, 3.05) is 14.1 Å². The number of likely N-dealkylation sites (N-methyl/N-ethyl adjacent to an activating group) is 1. The molecule has 7 atom stereocenters. The lowest BCUT2D eigenvalue weighted by Gasteiger charge is -2.46. The van der Waals surface area contributed by atoms with E-state index in [1.165, 1.54) is 11.1 Å². The third kappa shape index (κ3) is 3.76. The van der Waals surface area contributed by atoms with Crippen molar-refractivity contribution in [2.45, 2.75) is 69.0 Å². The van der Waals surface area contributed by atoms with Gasteiger partial charge in [0.05, 0.1) is 17.8 Å². The summed E-state index contributed by atoms with van der Waals surface area (Å²) in [5.41, 5.74) is 3.30. The number of pyridine rings is 1. The molecule has 7 heteroatoms. The maximum atomic E-state index is 11.8. The molecular weight excluding hydrogens is 488 g/mol. The van der Waals surface area contributed by atoms with Crippen molar-refractivity contribution >= 4 is 27.9 Å². The van der Waals surface area contributed by atoms with Crippen LogP contribution in [0.15, 0.2) is 59.3 Å². The Bertz CT molecular complexity index is 1370. The highest BCUT2D eigenvalue weighted by molar-refractivity contribution is 6.34. The number of nitrogens with zero attached hydrogens (tertiary/aromatic N) is 2. The summed E-state index contributed by atoms with van der Waals surface area (Å²) in [6.07, 6.45) is 5.82. The molecule has 1 aromatic carbocycles. The number of benzene rings is 1. The largest absolute Gasteiger partial charge is 0.388 e. The zero-order valence-electron chi connectivity index (χ0n) is 21.5. The summed E-state index contributed by atoms with van der Waals surface area (Å²) in [6.45, 7) is 2.24. The zero-order valence-corrected chi connectivity index (χ0v) is 22.3. The SMILES string of the molecule is CN(C)C1CC2(O)CCC3=C(C=C2C(O)C1O)C(O)CC1(C)C(c2ccc4c(Cl)nccc4c2)=CCC31. The van der Waals surface area contributed by atoms with Crippen LogP contribution in [0, 0.1) is 11.3 Å². The second-order valence-corrected chi connectivity index (χ2v) is 12.2. The molecule has 4 aliphatic rings. The molecule has 2 aromatic rings. The smallest absolute Gasteiger partial charge is 0.136 e. The van der Waals surface area contributed by atoms with Crippen LogP contribution in [-0.2, 0) is 0 Å². The lowest BCUT2D eigenvalue weighted by Crippen LogP contribution is -2.58. The summed E-state index contributed by atoms with van der Waals surface area (Å²) < 4.78 is 0. The van der Waals surface area contributed by atoms with Crippen molar-refractivity contribution in [2.24, 2.45) is 11.3 Å². The van der Waals surface area contributed by atoms with Crippen molar-refractivity contribution < 1.29 is 20.4 Å². The topological polar surface area (TPSA) is 97.1 Å². The summed E-state index contributed by atoms with van der Waals surface area (Å²) in [5.74, 6) is 0.199. The van der Waals surface area contributed by atoms with Crippen molar-refractivity contribution in [1.82, 2.24) is 9.88 Å². The molecule has 1 fully saturated rings. The minimum atomic E-state index is -1.22. The molecule has 1 heterocycles. The number of aromatic nitrogens is 1. The molecular formula is C30H35ClN2O4. The van der Waals surface area contributed by atoms with Gasteiger partial charge in [-0.05, 0) is 91.9 Å². The second kappa shape index (κ2) is 8.73. The lowest BCUT2D eigenvalue weighted by molar-refractivity contribution is -0.0922. The average molecular weight is 523 g/mol. The van der Waals surface area contributed by atoms with Gasteiger partial charge in [0.25, 0.3) is 0 Å². The third-order valence-corrected chi connectivity index (χ3v) is 9.94. The Morgan fingerprint density at radius 3 is 2.65 bits per heavy atom. The molecule has 0 amide bonds. The molecule has 0 aliphatic heterocycles. The highest BCUT2D eigenvalue weighted by atomic mass is 35.5. The third-order valence-electron chi connectivity index (χ3n) is 9.64. The maximum absolute atomic E-state index is 11.8. The Labute approximate surface area is 222 Å². The van der Waals surface area contributed by atoms with Gasteiger partial charge in [0.2, 0.25) is 0 Å². The number of hydrogen-bond donors (Lipinski definition) is 4. The molecule has 196 valence electrons. The molecule has 0 radical (unpaired) electrons. The first-order chi connectivity index (χ1) is 17.5. The summed E-state index contributed by atoms with van der Waals surface area (Å²) in [6, 6.07) is 7.89. The van der Waals surface area contributed by atoms with E-state index in [9.17, 15) is 20.4 Å². The van der Waals surface area contributed by atoms with Crippen molar-refractivity contribution in [3.8, 4) is 0 Å². The van der Waals surface area contributed by atoms with E-state index in [0.29, 0.717) is 36.4 Å². The zero-order chi connectivity index (χ0) is 26.3. The quantitative estimate of drug-likeness (QED) is 0.447. The maximum Gasteiger partial charge on any atom is 0.136 e. The van der Waals surface area contributed by atoms with E-state index in [1.54, 1.807) is 6.20 Å². The van der Waals surface area contributed by atoms with Gasteiger partial charge in [0.15, 0.2) is 0 Å². The highest BCUT2D eigenvalue weighted by Gasteiger charge is 2.53. The summed E-state index contributed by atoms with van der Waals surface area (Å²) >= 11 is 6.30. The molecule has 4 aliphatic carbocycles. The van der Waals surface area contributed by atoms with Gasteiger partial charge in [0, 0.05) is 23.0 Å². The number of allylic oxidation sites excluding steroid dienone is 3. The van der Waals surface area contributed by atoms with E-state index in [2.05, 4.69) is 30.1 Å². The minimum Gasteiger partial charge on any atom is -0.388 e. The molecule has 7 unspecified atom stereocenters. The predicted molar refractivity (Wildman–Crippen MR) is 145 cm³/mol. The molecule has 6 rings (SSSR count). The van der Waals surface area contributed by atoms with Gasteiger partial charge in [0.1, 0.15) is 11.3 Å². The summed E-state index contributed by atoms with van der Waals surface area (Å²) in [4.78, 5) is 6.06. The van der Waals surface area contributed by atoms with Crippen LogP contribution in [0.4, 0.5) is 0 Å². The molecule has 0 saturated heterocycles. The molecule has 4 N–H and O–H groups in total. The van der Waals surface area contributed by atoms with E-state index < -0.39 is 23.9 Å². The number of hydrogen-bond acceptors (Lipinski definition) is 6. The van der Waals surface area contributed by atoms with E-state index in [-0.39, 0.29) is 17.4 Å². The van der Waals surface area contributed by atoms with Crippen LogP contribution < -0.4 is 0 Å². The van der Waals surface area contributed by atoms with Crippen LogP contribution in [0.25, 0.3) is 16.3 Å². The van der Waals surface area contributed by atoms with E-state index in [0.717, 1.165) is 28.3 Å². The van der Waals surface area contributed by atoms with E-state index in [1.807, 2.05) is 37.2 Å². The first-order valence-corrected chi connectivity index (χ1v) is 13.5. The number of fused-ring (bicyclic) bond motifs is 4. The second-order valence-electron chi connectivity index (χ2n) is 11.9. The van der Waals surface area contributed by atoms with Gasteiger partial charge >= 0.3 is 0 Å². The van der Waals surface area contributed by atoms with E-state index >= 15 is 0 Å². The Balaban J connectivity index is 1.37. The fraction of sp³-hybridized carbons (Fsp3) is 0.500. The normalized spacial score (nSPS) is 37.6. The van der Waals surface area contributed by atoms with Gasteiger partial charge in [-0.3, -0.25) is 0 Å². The monoisotopic (exact) mass is 522 g/mol. The number of rotatable bonds is 2. The number of aliphatic hydroxyl groups is 4. The van der Waals surface area contributed by atoms with Crippen LogP contribution >= 0.6 is 11.6 Å². The Morgan fingerprint density at radius 2 is 1.89 bits per heavy atom. The highest BCUT2D eigenvalue weighted by Crippen LogP contribution is 2.60. The molecule has 0 spiro atoms. The predicted octanol–water partition coefficient (Wildman–Crippen LogP) is 3.87. The van der Waals surface area contributed by atoms with Crippen LogP contribution in [0.2, 0.25) is 5.15 Å². The molecule has 37 heavy (non-hydrogen) atoms. The first kappa shape index (κ1) is 25.2. The standard InChI is InChI=1S/C30H35ClN2O4/c1-29-15-25(34)20-13-23-26(35)27(36)24(33(2)3)14-30(23,37)10-8-19(20)22(29)7-6-21(29)17-4-5-18-16(12-17)9-11-32-28(18)31/h4-6,9,11-13,22,24-27,34-37H,7-8,10,14-15H2,1-3H3. The van der Waals surface area contributed by atoms with Gasteiger partial charge < -0.3 is 25.3 Å². The van der Waals surface area contributed by atoms with E-state index in [4.69, 9.17) is 11.6 Å². The Morgan fingerprint density at radius 1 is 1.11 bits per heavy atom. The van der Waals surface area contributed by atoms with Crippen molar-refractivity contribution in [3.63, 3.8) is 0 Å². The summed E-state index contributed by atoms with van der Waals surface area (Å²) in [5, 5.41) is 47.6. The average Bonchev–Trinajstić information content (AvgIpc) is 3.10. The molecule has 1 saturated carbocycles. The molecule has 0 bridgehead atoms. The minimum absolute atomic E-state index is 0.199. The molecule has 1 aromatic heterocycles. The Kier molecular flexibility index (Phi) is 5.95. The van der Waals surface area contributed by atoms with Gasteiger partial charge in [-0.25, -0.2) is 4.98 Å². The lowest BCUT2D eigenvalue weighted by atomic mass is 9.61. The first-order valence-electron chi connectivity index (χ1n) is 13.2. The van der Waals surface area contributed by atoms with Gasteiger partial charge in [-0.2, -0.15) is 0 Å².